The van der Waals surface area contributed by atoms with Crippen LogP contribution in [-0.4, -0.2) is 9.78 Å². The number of hydrogen-bond acceptors (Lipinski definition) is 3. The molecule has 0 radical (unpaired) electrons. The van der Waals surface area contributed by atoms with Crippen LogP contribution in [-0.2, 0) is 6.54 Å². The summed E-state index contributed by atoms with van der Waals surface area (Å²) in [6.07, 6.45) is 6.78. The molecule has 0 unspecified atom stereocenters. The molecular weight excluding hydrogens is 236 g/mol. The predicted octanol–water partition coefficient (Wildman–Crippen LogP) is 3.29. The van der Waals surface area contributed by atoms with Crippen LogP contribution in [0.2, 0.25) is 0 Å². The molecule has 0 bridgehead atoms. The Morgan fingerprint density at radius 2 is 1.89 bits per heavy atom. The van der Waals surface area contributed by atoms with Crippen LogP contribution >= 0.6 is 0 Å². The van der Waals surface area contributed by atoms with E-state index in [-0.39, 0.29) is 0 Å². The Labute approximate surface area is 114 Å². The molecule has 2 aromatic rings. The SMILES string of the molecule is CCCCCCn1nccc1-c1ccc(N)c(N)c1. The Morgan fingerprint density at radius 3 is 2.63 bits per heavy atom. The quantitative estimate of drug-likeness (QED) is 0.617. The van der Waals surface area contributed by atoms with Crippen LogP contribution in [0.3, 0.4) is 0 Å². The van der Waals surface area contributed by atoms with Gasteiger partial charge in [-0.15, -0.1) is 0 Å². The molecule has 19 heavy (non-hydrogen) atoms. The minimum Gasteiger partial charge on any atom is -0.397 e. The highest BCUT2D eigenvalue weighted by molar-refractivity contribution is 5.72. The maximum Gasteiger partial charge on any atom is 0.0682 e. The summed E-state index contributed by atoms with van der Waals surface area (Å²) >= 11 is 0. The predicted molar refractivity (Wildman–Crippen MR) is 80.6 cm³/mol. The van der Waals surface area contributed by atoms with Crippen LogP contribution in [0.15, 0.2) is 30.5 Å². The van der Waals surface area contributed by atoms with Crippen LogP contribution in [0.25, 0.3) is 11.3 Å². The van der Waals surface area contributed by atoms with Gasteiger partial charge in [-0.25, -0.2) is 0 Å². The number of nitrogens with two attached hydrogens (primary N) is 2. The molecule has 0 aliphatic rings. The fraction of sp³-hybridized carbons (Fsp3) is 0.400. The third kappa shape index (κ3) is 3.28. The van der Waals surface area contributed by atoms with Crippen molar-refractivity contribution in [3.8, 4) is 11.3 Å². The first-order valence-electron chi connectivity index (χ1n) is 6.89. The zero-order valence-corrected chi connectivity index (χ0v) is 11.5. The highest BCUT2D eigenvalue weighted by Gasteiger charge is 2.06. The Hall–Kier alpha value is -1.97. The lowest BCUT2D eigenvalue weighted by Crippen LogP contribution is -2.03. The fourth-order valence-corrected chi connectivity index (χ4v) is 2.18. The van der Waals surface area contributed by atoms with Crippen molar-refractivity contribution in [3.63, 3.8) is 0 Å². The Kier molecular flexibility index (Phi) is 4.44. The smallest absolute Gasteiger partial charge is 0.0682 e. The summed E-state index contributed by atoms with van der Waals surface area (Å²) in [5.74, 6) is 0. The van der Waals surface area contributed by atoms with Crippen molar-refractivity contribution in [2.75, 3.05) is 11.5 Å². The van der Waals surface area contributed by atoms with E-state index in [4.69, 9.17) is 11.5 Å². The van der Waals surface area contributed by atoms with Crippen molar-refractivity contribution >= 4 is 11.4 Å². The highest BCUT2D eigenvalue weighted by atomic mass is 15.3. The van der Waals surface area contributed by atoms with E-state index in [1.807, 2.05) is 35.1 Å². The summed E-state index contributed by atoms with van der Waals surface area (Å²) in [6, 6.07) is 7.77. The molecule has 0 spiro atoms. The number of anilines is 2. The number of aromatic nitrogens is 2. The molecule has 4 nitrogen and oxygen atoms in total. The molecule has 4 N–H and O–H groups in total. The Morgan fingerprint density at radius 1 is 1.05 bits per heavy atom. The molecule has 0 atom stereocenters. The lowest BCUT2D eigenvalue weighted by atomic mass is 10.1. The van der Waals surface area contributed by atoms with Crippen molar-refractivity contribution < 1.29 is 0 Å². The average Bonchev–Trinajstić information content (AvgIpc) is 2.86. The van der Waals surface area contributed by atoms with E-state index in [1.165, 1.54) is 19.3 Å². The van der Waals surface area contributed by atoms with Gasteiger partial charge in [0.05, 0.1) is 17.1 Å². The molecule has 0 amide bonds. The number of nitrogens with zero attached hydrogens (tertiary/aromatic N) is 2. The zero-order valence-electron chi connectivity index (χ0n) is 11.5. The van der Waals surface area contributed by atoms with Crippen molar-refractivity contribution in [1.29, 1.82) is 0 Å². The van der Waals surface area contributed by atoms with Gasteiger partial charge in [-0.2, -0.15) is 5.10 Å². The average molecular weight is 258 g/mol. The molecule has 4 heteroatoms. The number of aryl methyl sites for hydroxylation is 1. The van der Waals surface area contributed by atoms with Gasteiger partial charge < -0.3 is 11.5 Å². The van der Waals surface area contributed by atoms with Gasteiger partial charge in [0.1, 0.15) is 0 Å². The molecular formula is C15H22N4. The fourth-order valence-electron chi connectivity index (χ4n) is 2.18. The molecule has 1 aromatic carbocycles. The highest BCUT2D eigenvalue weighted by Crippen LogP contribution is 2.25. The first-order valence-corrected chi connectivity index (χ1v) is 6.89. The minimum atomic E-state index is 0.622. The van der Waals surface area contributed by atoms with Gasteiger partial charge >= 0.3 is 0 Å². The molecule has 102 valence electrons. The number of hydrogen-bond donors (Lipinski definition) is 2. The lowest BCUT2D eigenvalue weighted by Gasteiger charge is -2.09. The summed E-state index contributed by atoms with van der Waals surface area (Å²) < 4.78 is 2.04. The second-order valence-corrected chi connectivity index (χ2v) is 4.84. The largest absolute Gasteiger partial charge is 0.397 e. The van der Waals surface area contributed by atoms with E-state index in [1.54, 1.807) is 0 Å². The van der Waals surface area contributed by atoms with Gasteiger partial charge in [0.25, 0.3) is 0 Å². The summed E-state index contributed by atoms with van der Waals surface area (Å²) in [5.41, 5.74) is 15.0. The summed E-state index contributed by atoms with van der Waals surface area (Å²) in [5, 5.41) is 4.39. The van der Waals surface area contributed by atoms with E-state index in [0.29, 0.717) is 11.4 Å². The Balaban J connectivity index is 2.12. The first-order chi connectivity index (χ1) is 9.22. The van der Waals surface area contributed by atoms with Crippen molar-refractivity contribution in [3.05, 3.63) is 30.5 Å². The summed E-state index contributed by atoms with van der Waals surface area (Å²) in [4.78, 5) is 0. The van der Waals surface area contributed by atoms with E-state index in [0.717, 1.165) is 24.2 Å². The molecule has 0 aliphatic carbocycles. The zero-order chi connectivity index (χ0) is 13.7. The van der Waals surface area contributed by atoms with Gasteiger partial charge in [-0.3, -0.25) is 4.68 Å². The third-order valence-corrected chi connectivity index (χ3v) is 3.32. The van der Waals surface area contributed by atoms with Gasteiger partial charge in [0.15, 0.2) is 0 Å². The minimum absolute atomic E-state index is 0.622. The van der Waals surface area contributed by atoms with E-state index in [9.17, 15) is 0 Å². The van der Waals surface area contributed by atoms with Crippen LogP contribution < -0.4 is 11.5 Å². The van der Waals surface area contributed by atoms with Gasteiger partial charge in [0, 0.05) is 18.3 Å². The maximum atomic E-state index is 5.86. The third-order valence-electron chi connectivity index (χ3n) is 3.32. The maximum absolute atomic E-state index is 5.86. The second-order valence-electron chi connectivity index (χ2n) is 4.84. The van der Waals surface area contributed by atoms with E-state index >= 15 is 0 Å². The van der Waals surface area contributed by atoms with Crippen molar-refractivity contribution in [2.45, 2.75) is 39.2 Å². The Bertz CT molecular complexity index is 531. The number of unbranched alkanes of at least 4 members (excludes halogenated alkanes) is 3. The molecule has 2 rings (SSSR count). The number of rotatable bonds is 6. The van der Waals surface area contributed by atoms with E-state index in [2.05, 4.69) is 12.0 Å². The monoisotopic (exact) mass is 258 g/mol. The number of benzene rings is 1. The van der Waals surface area contributed by atoms with Crippen molar-refractivity contribution in [1.82, 2.24) is 9.78 Å². The summed E-state index contributed by atoms with van der Waals surface area (Å²) in [7, 11) is 0. The van der Waals surface area contributed by atoms with Crippen LogP contribution in [0.5, 0.6) is 0 Å². The van der Waals surface area contributed by atoms with Crippen LogP contribution in [0, 0.1) is 0 Å². The molecule has 0 saturated heterocycles. The summed E-state index contributed by atoms with van der Waals surface area (Å²) in [6.45, 7) is 3.17. The van der Waals surface area contributed by atoms with Crippen LogP contribution in [0.1, 0.15) is 32.6 Å². The lowest BCUT2D eigenvalue weighted by molar-refractivity contribution is 0.545. The standard InChI is InChI=1S/C15H22N4/c1-2-3-4-5-10-19-15(8-9-18-19)12-6-7-13(16)14(17)11-12/h6-9,11H,2-5,10,16-17H2,1H3. The van der Waals surface area contributed by atoms with Gasteiger partial charge in [0.2, 0.25) is 0 Å². The normalized spacial score (nSPS) is 10.8. The molecule has 1 aromatic heterocycles. The molecule has 1 heterocycles. The van der Waals surface area contributed by atoms with Gasteiger partial charge in [-0.1, -0.05) is 32.3 Å². The van der Waals surface area contributed by atoms with Crippen molar-refractivity contribution in [2.24, 2.45) is 0 Å². The topological polar surface area (TPSA) is 69.9 Å². The van der Waals surface area contributed by atoms with Gasteiger partial charge in [-0.05, 0) is 24.6 Å². The molecule has 0 aliphatic heterocycles. The molecule has 0 fully saturated rings. The van der Waals surface area contributed by atoms with Crippen LogP contribution in [0.4, 0.5) is 11.4 Å². The van der Waals surface area contributed by atoms with E-state index < -0.39 is 0 Å². The second kappa shape index (κ2) is 6.27. The number of nitrogen functional groups attached to an aromatic ring is 2. The first kappa shape index (κ1) is 13.5. The molecule has 0 saturated carbocycles.